The SMILES string of the molecule is CNCCC1=C2C(=O)C(O)=CC=C2N=C1. The van der Waals surface area contributed by atoms with Crippen LogP contribution >= 0.6 is 0 Å². The molecule has 4 heteroatoms. The smallest absolute Gasteiger partial charge is 0.229 e. The Labute approximate surface area is 87.7 Å². The zero-order chi connectivity index (χ0) is 10.8. The number of aliphatic imine (C=N–C) groups is 1. The number of fused-ring (bicyclic) bond motifs is 1. The second-order valence-electron chi connectivity index (χ2n) is 3.44. The number of nitrogens with one attached hydrogen (secondary N) is 1. The van der Waals surface area contributed by atoms with Crippen LogP contribution in [-0.2, 0) is 4.79 Å². The molecule has 0 radical (unpaired) electrons. The summed E-state index contributed by atoms with van der Waals surface area (Å²) in [5.74, 6) is -0.530. The van der Waals surface area contributed by atoms with Gasteiger partial charge in [-0.3, -0.25) is 9.79 Å². The highest BCUT2D eigenvalue weighted by Gasteiger charge is 2.27. The number of aliphatic hydroxyl groups is 1. The van der Waals surface area contributed by atoms with Crippen molar-refractivity contribution in [1.82, 2.24) is 5.32 Å². The van der Waals surface area contributed by atoms with Crippen molar-refractivity contribution in [3.05, 3.63) is 34.8 Å². The normalized spacial score (nSPS) is 19.1. The van der Waals surface area contributed by atoms with Crippen LogP contribution in [0.1, 0.15) is 6.42 Å². The molecule has 4 nitrogen and oxygen atoms in total. The van der Waals surface area contributed by atoms with Crippen LogP contribution in [0.2, 0.25) is 0 Å². The van der Waals surface area contributed by atoms with Crippen molar-refractivity contribution >= 4 is 12.0 Å². The maximum atomic E-state index is 11.7. The number of carbonyl (C=O) groups is 1. The Kier molecular flexibility index (Phi) is 2.51. The minimum absolute atomic E-state index is 0.207. The largest absolute Gasteiger partial charge is 0.504 e. The fourth-order valence-electron chi connectivity index (χ4n) is 1.64. The second kappa shape index (κ2) is 3.82. The van der Waals surface area contributed by atoms with E-state index >= 15 is 0 Å². The highest BCUT2D eigenvalue weighted by Crippen LogP contribution is 2.29. The van der Waals surface area contributed by atoms with E-state index in [4.69, 9.17) is 0 Å². The number of hydrogen-bond donors (Lipinski definition) is 2. The first kappa shape index (κ1) is 9.86. The second-order valence-corrected chi connectivity index (χ2v) is 3.44. The third kappa shape index (κ3) is 1.64. The predicted octanol–water partition coefficient (Wildman–Crippen LogP) is 0.885. The van der Waals surface area contributed by atoms with Crippen LogP contribution in [0.3, 0.4) is 0 Å². The molecule has 0 unspecified atom stereocenters. The van der Waals surface area contributed by atoms with E-state index < -0.39 is 0 Å². The van der Waals surface area contributed by atoms with Crippen LogP contribution in [-0.4, -0.2) is 30.7 Å². The van der Waals surface area contributed by atoms with Crippen molar-refractivity contribution in [2.75, 3.05) is 13.6 Å². The van der Waals surface area contributed by atoms with Gasteiger partial charge in [-0.2, -0.15) is 0 Å². The van der Waals surface area contributed by atoms with Crippen molar-refractivity contribution in [3.63, 3.8) is 0 Å². The standard InChI is InChI=1S/C11H12N2O2/c1-12-5-4-7-6-13-8-2-3-9(14)11(15)10(7)8/h2-3,6,12,14H,4-5H2,1H3. The Balaban J connectivity index is 2.32. The van der Waals surface area contributed by atoms with Crippen LogP contribution in [0.15, 0.2) is 39.7 Å². The van der Waals surface area contributed by atoms with Gasteiger partial charge >= 0.3 is 0 Å². The van der Waals surface area contributed by atoms with E-state index in [0.717, 1.165) is 18.5 Å². The molecule has 0 fully saturated rings. The Morgan fingerprint density at radius 2 is 2.27 bits per heavy atom. The van der Waals surface area contributed by atoms with Gasteiger partial charge in [0, 0.05) is 6.21 Å². The number of rotatable bonds is 3. The van der Waals surface area contributed by atoms with Crippen LogP contribution < -0.4 is 5.32 Å². The number of Topliss-reactive ketones (excluding diaryl/α,β-unsaturated/α-hetero) is 1. The molecule has 2 rings (SSSR count). The maximum Gasteiger partial charge on any atom is 0.229 e. The highest BCUT2D eigenvalue weighted by molar-refractivity contribution is 6.16. The number of hydrogen-bond acceptors (Lipinski definition) is 4. The molecule has 0 spiro atoms. The average Bonchev–Trinajstić information content (AvgIpc) is 2.64. The van der Waals surface area contributed by atoms with Gasteiger partial charge in [0.05, 0.1) is 11.3 Å². The van der Waals surface area contributed by atoms with Gasteiger partial charge in [0.2, 0.25) is 5.78 Å². The Morgan fingerprint density at radius 3 is 3.00 bits per heavy atom. The van der Waals surface area contributed by atoms with Gasteiger partial charge < -0.3 is 10.4 Å². The number of aliphatic hydroxyl groups excluding tert-OH is 1. The van der Waals surface area contributed by atoms with Crippen molar-refractivity contribution in [1.29, 1.82) is 0 Å². The summed E-state index contributed by atoms with van der Waals surface area (Å²) in [6.45, 7) is 0.788. The fourth-order valence-corrected chi connectivity index (χ4v) is 1.64. The van der Waals surface area contributed by atoms with E-state index in [0.29, 0.717) is 11.3 Å². The van der Waals surface area contributed by atoms with Crippen molar-refractivity contribution in [2.24, 2.45) is 4.99 Å². The lowest BCUT2D eigenvalue weighted by atomic mass is 9.97. The summed E-state index contributed by atoms with van der Waals surface area (Å²) < 4.78 is 0. The molecule has 0 saturated carbocycles. The van der Waals surface area contributed by atoms with Gasteiger partial charge in [-0.15, -0.1) is 0 Å². The summed E-state index contributed by atoms with van der Waals surface area (Å²) in [4.78, 5) is 15.8. The molecular weight excluding hydrogens is 192 g/mol. The van der Waals surface area contributed by atoms with Crippen LogP contribution in [0.4, 0.5) is 0 Å². The molecule has 2 aliphatic rings. The topological polar surface area (TPSA) is 61.7 Å². The zero-order valence-electron chi connectivity index (χ0n) is 8.45. The highest BCUT2D eigenvalue weighted by atomic mass is 16.3. The Morgan fingerprint density at radius 1 is 1.47 bits per heavy atom. The number of carbonyl (C=O) groups excluding carboxylic acids is 1. The monoisotopic (exact) mass is 204 g/mol. The first-order valence-electron chi connectivity index (χ1n) is 4.82. The molecule has 0 aromatic heterocycles. The van der Waals surface area contributed by atoms with Crippen LogP contribution in [0.25, 0.3) is 0 Å². The maximum absolute atomic E-state index is 11.7. The predicted molar refractivity (Wildman–Crippen MR) is 57.9 cm³/mol. The van der Waals surface area contributed by atoms with Gasteiger partial charge in [-0.25, -0.2) is 0 Å². The fraction of sp³-hybridized carbons (Fsp3) is 0.273. The zero-order valence-corrected chi connectivity index (χ0v) is 8.45. The van der Waals surface area contributed by atoms with Gasteiger partial charge in [0.15, 0.2) is 5.76 Å². The van der Waals surface area contributed by atoms with E-state index in [2.05, 4.69) is 10.3 Å². The van der Waals surface area contributed by atoms with Crippen LogP contribution in [0, 0.1) is 0 Å². The summed E-state index contributed by atoms with van der Waals surface area (Å²) in [7, 11) is 1.86. The third-order valence-corrected chi connectivity index (χ3v) is 2.44. The first-order valence-corrected chi connectivity index (χ1v) is 4.82. The summed E-state index contributed by atoms with van der Waals surface area (Å²) in [6.07, 6.45) is 5.49. The lowest BCUT2D eigenvalue weighted by Gasteiger charge is -2.09. The lowest BCUT2D eigenvalue weighted by molar-refractivity contribution is -0.114. The first-order chi connectivity index (χ1) is 7.24. The Bertz CT molecular complexity index is 428. The molecule has 1 aliphatic carbocycles. The molecule has 0 bridgehead atoms. The lowest BCUT2D eigenvalue weighted by Crippen LogP contribution is -2.14. The summed E-state index contributed by atoms with van der Waals surface area (Å²) in [5, 5.41) is 12.3. The van der Waals surface area contributed by atoms with E-state index in [-0.39, 0.29) is 11.5 Å². The molecule has 15 heavy (non-hydrogen) atoms. The molecule has 0 amide bonds. The molecule has 0 aromatic rings. The van der Waals surface area contributed by atoms with E-state index in [9.17, 15) is 9.90 Å². The molecule has 78 valence electrons. The number of nitrogens with zero attached hydrogens (tertiary/aromatic N) is 1. The third-order valence-electron chi connectivity index (χ3n) is 2.44. The molecule has 1 heterocycles. The molecule has 0 aromatic carbocycles. The minimum Gasteiger partial charge on any atom is -0.504 e. The van der Waals surface area contributed by atoms with E-state index in [1.54, 1.807) is 12.3 Å². The quantitative estimate of drug-likeness (QED) is 0.717. The van der Waals surface area contributed by atoms with Crippen molar-refractivity contribution in [2.45, 2.75) is 6.42 Å². The number of ketones is 1. The molecule has 0 saturated heterocycles. The summed E-state index contributed by atoms with van der Waals surface area (Å²) in [6, 6.07) is 0. The molecule has 2 N–H and O–H groups in total. The summed E-state index contributed by atoms with van der Waals surface area (Å²) in [5.41, 5.74) is 2.09. The van der Waals surface area contributed by atoms with Crippen molar-refractivity contribution in [3.8, 4) is 0 Å². The van der Waals surface area contributed by atoms with Gasteiger partial charge in [-0.1, -0.05) is 0 Å². The molecular formula is C11H12N2O2. The molecule has 1 aliphatic heterocycles. The minimum atomic E-state index is -0.323. The van der Waals surface area contributed by atoms with Gasteiger partial charge in [0.25, 0.3) is 0 Å². The van der Waals surface area contributed by atoms with E-state index in [1.165, 1.54) is 6.08 Å². The van der Waals surface area contributed by atoms with Crippen LogP contribution in [0.5, 0.6) is 0 Å². The van der Waals surface area contributed by atoms with E-state index in [1.807, 2.05) is 7.05 Å². The van der Waals surface area contributed by atoms with Crippen molar-refractivity contribution < 1.29 is 9.90 Å². The average molecular weight is 204 g/mol. The van der Waals surface area contributed by atoms with Gasteiger partial charge in [0.1, 0.15) is 0 Å². The molecule has 0 atom stereocenters. The Hall–Kier alpha value is -1.68. The van der Waals surface area contributed by atoms with Gasteiger partial charge in [-0.05, 0) is 37.7 Å². The summed E-state index contributed by atoms with van der Waals surface area (Å²) >= 11 is 0. The number of allylic oxidation sites excluding steroid dienone is 4.